The normalized spacial score (nSPS) is 18.4. The fourth-order valence-corrected chi connectivity index (χ4v) is 4.96. The van der Waals surface area contributed by atoms with Gasteiger partial charge in [-0.1, -0.05) is 41.9 Å². The SMILES string of the molecule is Cn1c(=O)n(CCOc2ccc(CN3CCOCC(O)(COc4cccc(Cl)c4)C3)cc2)c2ccccc21. The third-order valence-corrected chi connectivity index (χ3v) is 6.94. The van der Waals surface area contributed by atoms with Gasteiger partial charge in [0.2, 0.25) is 0 Å². The minimum Gasteiger partial charge on any atom is -0.492 e. The highest BCUT2D eigenvalue weighted by molar-refractivity contribution is 6.30. The minimum absolute atomic E-state index is 0.0514. The highest BCUT2D eigenvalue weighted by Crippen LogP contribution is 2.22. The van der Waals surface area contributed by atoms with Gasteiger partial charge in [0.05, 0.1) is 30.8 Å². The van der Waals surface area contributed by atoms with Gasteiger partial charge < -0.3 is 19.3 Å². The van der Waals surface area contributed by atoms with E-state index in [4.69, 9.17) is 25.8 Å². The number of β-amino-alcohol motifs (C(OH)–C–C–N with tert-alkyl or cyclic N) is 1. The van der Waals surface area contributed by atoms with Gasteiger partial charge in [-0.15, -0.1) is 0 Å². The molecule has 2 heterocycles. The summed E-state index contributed by atoms with van der Waals surface area (Å²) in [6.07, 6.45) is 0. The number of aliphatic hydroxyl groups is 1. The van der Waals surface area contributed by atoms with Gasteiger partial charge in [0, 0.05) is 31.7 Å². The fraction of sp³-hybridized carbons (Fsp3) is 0.345. The molecule has 4 aromatic rings. The van der Waals surface area contributed by atoms with Crippen LogP contribution in [-0.2, 0) is 24.9 Å². The van der Waals surface area contributed by atoms with E-state index in [9.17, 15) is 9.90 Å². The minimum atomic E-state index is -1.14. The molecule has 0 aliphatic carbocycles. The summed E-state index contributed by atoms with van der Waals surface area (Å²) in [5.74, 6) is 1.36. The largest absolute Gasteiger partial charge is 0.492 e. The summed E-state index contributed by atoms with van der Waals surface area (Å²) in [4.78, 5) is 14.8. The lowest BCUT2D eigenvalue weighted by molar-refractivity contribution is -0.0646. The number of benzene rings is 3. The summed E-state index contributed by atoms with van der Waals surface area (Å²) in [6, 6.07) is 22.8. The highest BCUT2D eigenvalue weighted by atomic mass is 35.5. The molecule has 1 fully saturated rings. The number of aryl methyl sites for hydroxylation is 1. The van der Waals surface area contributed by atoms with Crippen molar-refractivity contribution in [3.63, 3.8) is 0 Å². The number of fused-ring (bicyclic) bond motifs is 1. The Kier molecular flexibility index (Phi) is 8.04. The molecule has 5 rings (SSSR count). The second kappa shape index (κ2) is 11.6. The summed E-state index contributed by atoms with van der Waals surface area (Å²) < 4.78 is 20.8. The zero-order valence-corrected chi connectivity index (χ0v) is 22.1. The van der Waals surface area contributed by atoms with Gasteiger partial charge in [-0.25, -0.2) is 4.79 Å². The number of hydrogen-bond donors (Lipinski definition) is 1. The van der Waals surface area contributed by atoms with Gasteiger partial charge in [-0.3, -0.25) is 14.0 Å². The molecule has 200 valence electrons. The molecule has 1 N–H and O–H groups in total. The van der Waals surface area contributed by atoms with Gasteiger partial charge in [0.1, 0.15) is 30.3 Å². The van der Waals surface area contributed by atoms with Gasteiger partial charge in [0.25, 0.3) is 0 Å². The Morgan fingerprint density at radius 2 is 1.79 bits per heavy atom. The Morgan fingerprint density at radius 3 is 2.58 bits per heavy atom. The van der Waals surface area contributed by atoms with E-state index in [2.05, 4.69) is 4.90 Å². The lowest BCUT2D eigenvalue weighted by Crippen LogP contribution is -2.48. The van der Waals surface area contributed by atoms with E-state index in [1.807, 2.05) is 60.7 Å². The molecular formula is C29H32ClN3O5. The smallest absolute Gasteiger partial charge is 0.328 e. The first-order valence-electron chi connectivity index (χ1n) is 12.7. The molecule has 8 nitrogen and oxygen atoms in total. The van der Waals surface area contributed by atoms with E-state index >= 15 is 0 Å². The van der Waals surface area contributed by atoms with Crippen LogP contribution in [0.15, 0.2) is 77.6 Å². The maximum absolute atomic E-state index is 12.6. The first-order chi connectivity index (χ1) is 18.4. The van der Waals surface area contributed by atoms with Crippen LogP contribution in [0.1, 0.15) is 5.56 Å². The average molecular weight is 538 g/mol. The summed E-state index contributed by atoms with van der Waals surface area (Å²) in [5, 5.41) is 11.8. The van der Waals surface area contributed by atoms with Crippen molar-refractivity contribution in [1.82, 2.24) is 14.0 Å². The Bertz CT molecular complexity index is 1430. The van der Waals surface area contributed by atoms with Crippen molar-refractivity contribution < 1.29 is 19.3 Å². The second-order valence-electron chi connectivity index (χ2n) is 9.71. The maximum atomic E-state index is 12.6. The summed E-state index contributed by atoms with van der Waals surface area (Å²) in [6.45, 7) is 3.49. The van der Waals surface area contributed by atoms with E-state index < -0.39 is 5.60 Å². The van der Waals surface area contributed by atoms with E-state index in [1.165, 1.54) is 0 Å². The zero-order valence-electron chi connectivity index (χ0n) is 21.4. The van der Waals surface area contributed by atoms with Gasteiger partial charge in [-0.05, 0) is 48.0 Å². The molecular weight excluding hydrogens is 506 g/mol. The molecule has 0 bridgehead atoms. The predicted molar refractivity (Wildman–Crippen MR) is 147 cm³/mol. The van der Waals surface area contributed by atoms with Crippen molar-refractivity contribution >= 4 is 22.6 Å². The molecule has 0 saturated carbocycles. The number of aromatic nitrogens is 2. The van der Waals surface area contributed by atoms with Crippen molar-refractivity contribution in [1.29, 1.82) is 0 Å². The van der Waals surface area contributed by atoms with E-state index in [-0.39, 0.29) is 18.9 Å². The van der Waals surface area contributed by atoms with Crippen molar-refractivity contribution in [2.24, 2.45) is 7.05 Å². The van der Waals surface area contributed by atoms with Gasteiger partial charge >= 0.3 is 5.69 Å². The number of hydrogen-bond acceptors (Lipinski definition) is 6. The topological polar surface area (TPSA) is 78.1 Å². The quantitative estimate of drug-likeness (QED) is 0.351. The zero-order chi connectivity index (χ0) is 26.5. The molecule has 1 saturated heterocycles. The number of para-hydroxylation sites is 2. The maximum Gasteiger partial charge on any atom is 0.328 e. The van der Waals surface area contributed by atoms with Crippen LogP contribution in [0.25, 0.3) is 11.0 Å². The first kappa shape index (κ1) is 26.3. The molecule has 1 aromatic heterocycles. The van der Waals surface area contributed by atoms with Crippen molar-refractivity contribution in [3.8, 4) is 11.5 Å². The fourth-order valence-electron chi connectivity index (χ4n) is 4.78. The molecule has 0 radical (unpaired) electrons. The van der Waals surface area contributed by atoms with Crippen LogP contribution in [0.5, 0.6) is 11.5 Å². The lowest BCUT2D eigenvalue weighted by atomic mass is 10.1. The Balaban J connectivity index is 1.15. The number of imidazole rings is 1. The molecule has 1 aliphatic heterocycles. The number of ether oxygens (including phenoxy) is 3. The molecule has 38 heavy (non-hydrogen) atoms. The third kappa shape index (κ3) is 6.22. The van der Waals surface area contributed by atoms with Crippen molar-refractivity contribution in [3.05, 3.63) is 93.9 Å². The molecule has 0 amide bonds. The van der Waals surface area contributed by atoms with Gasteiger partial charge in [0.15, 0.2) is 0 Å². The summed E-state index contributed by atoms with van der Waals surface area (Å²) in [5.41, 5.74) is 1.72. The molecule has 1 unspecified atom stereocenters. The van der Waals surface area contributed by atoms with E-state index in [1.54, 1.807) is 28.3 Å². The van der Waals surface area contributed by atoms with E-state index in [0.29, 0.717) is 50.2 Å². The summed E-state index contributed by atoms with van der Waals surface area (Å²) in [7, 11) is 1.78. The number of rotatable bonds is 9. The van der Waals surface area contributed by atoms with Crippen LogP contribution in [0.4, 0.5) is 0 Å². The molecule has 3 aromatic carbocycles. The van der Waals surface area contributed by atoms with Crippen molar-refractivity contribution in [2.75, 3.05) is 39.5 Å². The monoisotopic (exact) mass is 537 g/mol. The Hall–Kier alpha value is -3.30. The predicted octanol–water partition coefficient (Wildman–Crippen LogP) is 3.71. The standard InChI is InChI=1S/C29H32ClN3O5/c1-31-26-7-2-3-8-27(26)33(28(31)34)14-16-37-24-11-9-22(10-12-24)18-32-13-15-36-20-29(35,19-32)21-38-25-6-4-5-23(30)17-25/h2-12,17,35H,13-16,18-21H2,1H3. The molecule has 9 heteroatoms. The average Bonchev–Trinajstić information content (AvgIpc) is 3.03. The summed E-state index contributed by atoms with van der Waals surface area (Å²) >= 11 is 6.04. The van der Waals surface area contributed by atoms with Crippen LogP contribution in [0.3, 0.4) is 0 Å². The van der Waals surface area contributed by atoms with Crippen LogP contribution in [0.2, 0.25) is 5.02 Å². The van der Waals surface area contributed by atoms with Crippen LogP contribution in [-0.4, -0.2) is 64.3 Å². The Morgan fingerprint density at radius 1 is 1.00 bits per heavy atom. The second-order valence-corrected chi connectivity index (χ2v) is 10.1. The van der Waals surface area contributed by atoms with Crippen LogP contribution in [0, 0.1) is 0 Å². The number of halogens is 1. The van der Waals surface area contributed by atoms with Crippen LogP contribution < -0.4 is 15.2 Å². The molecule has 1 atom stereocenters. The van der Waals surface area contributed by atoms with Gasteiger partial charge in [-0.2, -0.15) is 0 Å². The first-order valence-corrected chi connectivity index (χ1v) is 13.0. The molecule has 0 spiro atoms. The Labute approximate surface area is 226 Å². The lowest BCUT2D eigenvalue weighted by Gasteiger charge is -2.30. The van der Waals surface area contributed by atoms with Crippen LogP contribution >= 0.6 is 11.6 Å². The van der Waals surface area contributed by atoms with Crippen molar-refractivity contribution in [2.45, 2.75) is 18.7 Å². The third-order valence-electron chi connectivity index (χ3n) is 6.71. The number of nitrogens with zero attached hydrogens (tertiary/aromatic N) is 3. The molecule has 1 aliphatic rings. The highest BCUT2D eigenvalue weighted by Gasteiger charge is 2.33. The van der Waals surface area contributed by atoms with E-state index in [0.717, 1.165) is 22.3 Å².